The second kappa shape index (κ2) is 7.24. The van der Waals surface area contributed by atoms with Crippen molar-refractivity contribution in [1.29, 1.82) is 0 Å². The summed E-state index contributed by atoms with van der Waals surface area (Å²) in [4.78, 5) is 35.6. The third-order valence-corrected chi connectivity index (χ3v) is 4.98. The molecule has 1 atom stereocenters. The zero-order valence-corrected chi connectivity index (χ0v) is 16.3. The van der Waals surface area contributed by atoms with Gasteiger partial charge in [0.05, 0.1) is 0 Å². The molecule has 0 saturated carbocycles. The van der Waals surface area contributed by atoms with Crippen LogP contribution in [0.15, 0.2) is 66.7 Å². The van der Waals surface area contributed by atoms with E-state index >= 15 is 0 Å². The Morgan fingerprint density at radius 3 is 2.00 bits per heavy atom. The fourth-order valence-electron chi connectivity index (χ4n) is 3.78. The Balaban J connectivity index is 1.91. The van der Waals surface area contributed by atoms with Gasteiger partial charge in [-0.2, -0.15) is 0 Å². The van der Waals surface area contributed by atoms with Crippen molar-refractivity contribution in [2.24, 2.45) is 0 Å². The Morgan fingerprint density at radius 2 is 1.33 bits per heavy atom. The van der Waals surface area contributed by atoms with Gasteiger partial charge in [-0.05, 0) is 29.8 Å². The average Bonchev–Trinajstić information content (AvgIpc) is 2.71. The Hall–Kier alpha value is -3.77. The van der Waals surface area contributed by atoms with Crippen LogP contribution >= 0.6 is 0 Å². The van der Waals surface area contributed by atoms with Gasteiger partial charge in [-0.3, -0.25) is 14.4 Å². The van der Waals surface area contributed by atoms with Crippen molar-refractivity contribution in [3.05, 3.63) is 94.5 Å². The maximum absolute atomic E-state index is 13.1. The minimum absolute atomic E-state index is 0.224. The normalized spacial score (nSPS) is 17.0. The molecule has 0 aliphatic heterocycles. The van der Waals surface area contributed by atoms with E-state index in [-0.39, 0.29) is 17.1 Å². The molecule has 3 aromatic rings. The summed E-state index contributed by atoms with van der Waals surface area (Å²) in [5.41, 5.74) is 0.310. The Labute approximate surface area is 172 Å². The van der Waals surface area contributed by atoms with Crippen molar-refractivity contribution in [3.8, 4) is 11.5 Å². The van der Waals surface area contributed by atoms with Crippen LogP contribution in [0.2, 0.25) is 0 Å². The molecular formula is C24H18O6. The van der Waals surface area contributed by atoms with Crippen molar-refractivity contribution in [2.45, 2.75) is 19.4 Å². The molecule has 0 fully saturated rings. The molecule has 0 heterocycles. The first kappa shape index (κ1) is 19.5. The topological polar surface area (TPSA) is 89.9 Å². The predicted molar refractivity (Wildman–Crippen MR) is 107 cm³/mol. The van der Waals surface area contributed by atoms with Crippen LogP contribution in [0.4, 0.5) is 0 Å². The molecule has 1 N–H and O–H groups in total. The SMILES string of the molecule is CC(=O)Oc1ccc(C2(O)c3ccccc3C(=O)c3cc(OC(C)=O)ccc32)cc1. The Morgan fingerprint density at radius 1 is 0.767 bits per heavy atom. The van der Waals surface area contributed by atoms with Crippen LogP contribution in [0.1, 0.15) is 46.5 Å². The van der Waals surface area contributed by atoms with E-state index in [4.69, 9.17) is 9.47 Å². The molecule has 150 valence electrons. The predicted octanol–water partition coefficient (Wildman–Crippen LogP) is 3.37. The lowest BCUT2D eigenvalue weighted by Gasteiger charge is -2.36. The summed E-state index contributed by atoms with van der Waals surface area (Å²) >= 11 is 0. The third-order valence-electron chi connectivity index (χ3n) is 4.98. The van der Waals surface area contributed by atoms with E-state index in [1.54, 1.807) is 60.7 Å². The summed E-state index contributed by atoms with van der Waals surface area (Å²) in [5, 5.41) is 11.9. The first-order valence-electron chi connectivity index (χ1n) is 9.29. The molecule has 0 aromatic heterocycles. The molecule has 30 heavy (non-hydrogen) atoms. The number of ketones is 1. The molecule has 0 bridgehead atoms. The molecular weight excluding hydrogens is 384 g/mol. The van der Waals surface area contributed by atoms with E-state index in [1.807, 2.05) is 0 Å². The van der Waals surface area contributed by atoms with Crippen LogP contribution in [0.5, 0.6) is 11.5 Å². The van der Waals surface area contributed by atoms with Crippen LogP contribution in [0.25, 0.3) is 0 Å². The minimum Gasteiger partial charge on any atom is -0.427 e. The highest BCUT2D eigenvalue weighted by Crippen LogP contribution is 2.45. The van der Waals surface area contributed by atoms with Gasteiger partial charge in [-0.15, -0.1) is 0 Å². The standard InChI is InChI=1S/C24H18O6/c1-14(25)29-17-9-7-16(8-10-17)24(28)21-6-4-3-5-19(21)23(27)20-13-18(30-15(2)26)11-12-22(20)24/h3-13,28H,1-2H3. The summed E-state index contributed by atoms with van der Waals surface area (Å²) in [5.74, 6) is -0.647. The molecule has 6 heteroatoms. The number of carbonyl (C=O) groups is 3. The number of carbonyl (C=O) groups excluding carboxylic acids is 3. The number of fused-ring (bicyclic) bond motifs is 2. The lowest BCUT2D eigenvalue weighted by molar-refractivity contribution is -0.132. The van der Waals surface area contributed by atoms with Gasteiger partial charge in [0.25, 0.3) is 0 Å². The van der Waals surface area contributed by atoms with Crippen molar-refractivity contribution in [3.63, 3.8) is 0 Å². The molecule has 6 nitrogen and oxygen atoms in total. The largest absolute Gasteiger partial charge is 0.427 e. The minimum atomic E-state index is -1.62. The van der Waals surface area contributed by atoms with Gasteiger partial charge in [-0.25, -0.2) is 0 Å². The number of hydrogen-bond donors (Lipinski definition) is 1. The Bertz CT molecular complexity index is 1180. The van der Waals surface area contributed by atoms with Crippen molar-refractivity contribution < 1.29 is 29.0 Å². The third kappa shape index (κ3) is 3.17. The van der Waals surface area contributed by atoms with Gasteiger partial charge in [0, 0.05) is 36.1 Å². The fraction of sp³-hybridized carbons (Fsp3) is 0.125. The van der Waals surface area contributed by atoms with Gasteiger partial charge >= 0.3 is 11.9 Å². The van der Waals surface area contributed by atoms with E-state index < -0.39 is 17.5 Å². The zero-order chi connectivity index (χ0) is 21.5. The number of esters is 2. The molecule has 0 spiro atoms. The summed E-state index contributed by atoms with van der Waals surface area (Å²) in [6.07, 6.45) is 0. The average molecular weight is 402 g/mol. The van der Waals surface area contributed by atoms with Crippen LogP contribution < -0.4 is 9.47 Å². The monoisotopic (exact) mass is 402 g/mol. The smallest absolute Gasteiger partial charge is 0.308 e. The Kier molecular flexibility index (Phi) is 4.72. The van der Waals surface area contributed by atoms with Gasteiger partial charge in [0.1, 0.15) is 17.1 Å². The lowest BCUT2D eigenvalue weighted by Crippen LogP contribution is -2.36. The van der Waals surface area contributed by atoms with Gasteiger partial charge in [-0.1, -0.05) is 42.5 Å². The van der Waals surface area contributed by atoms with E-state index in [1.165, 1.54) is 19.9 Å². The van der Waals surface area contributed by atoms with Gasteiger partial charge in [0.2, 0.25) is 0 Å². The number of rotatable bonds is 3. The van der Waals surface area contributed by atoms with Crippen molar-refractivity contribution >= 4 is 17.7 Å². The quantitative estimate of drug-likeness (QED) is 0.534. The summed E-state index contributed by atoms with van der Waals surface area (Å²) in [7, 11) is 0. The highest BCUT2D eigenvalue weighted by molar-refractivity contribution is 6.13. The van der Waals surface area contributed by atoms with Crippen molar-refractivity contribution in [1.82, 2.24) is 0 Å². The van der Waals surface area contributed by atoms with Crippen LogP contribution in [-0.4, -0.2) is 22.8 Å². The second-order valence-electron chi connectivity index (χ2n) is 7.00. The van der Waals surface area contributed by atoms with E-state index in [9.17, 15) is 19.5 Å². The van der Waals surface area contributed by atoms with E-state index in [2.05, 4.69) is 0 Å². The van der Waals surface area contributed by atoms with Crippen LogP contribution in [0.3, 0.4) is 0 Å². The number of benzene rings is 3. The molecule has 0 amide bonds. The second-order valence-corrected chi connectivity index (χ2v) is 7.00. The van der Waals surface area contributed by atoms with Crippen molar-refractivity contribution in [2.75, 3.05) is 0 Å². The molecule has 0 saturated heterocycles. The summed E-state index contributed by atoms with van der Waals surface area (Å²) in [6, 6.07) is 17.9. The van der Waals surface area contributed by atoms with Crippen LogP contribution in [0, 0.1) is 0 Å². The maximum Gasteiger partial charge on any atom is 0.308 e. The molecule has 0 radical (unpaired) electrons. The summed E-state index contributed by atoms with van der Waals surface area (Å²) in [6.45, 7) is 2.58. The zero-order valence-electron chi connectivity index (χ0n) is 16.3. The number of hydrogen-bond acceptors (Lipinski definition) is 6. The first-order valence-corrected chi connectivity index (χ1v) is 9.29. The highest BCUT2D eigenvalue weighted by atomic mass is 16.5. The van der Waals surface area contributed by atoms with Gasteiger partial charge in [0.15, 0.2) is 5.78 Å². The van der Waals surface area contributed by atoms with E-state index in [0.29, 0.717) is 28.0 Å². The molecule has 4 rings (SSSR count). The van der Waals surface area contributed by atoms with E-state index in [0.717, 1.165) is 0 Å². The molecule has 3 aromatic carbocycles. The van der Waals surface area contributed by atoms with Crippen LogP contribution in [-0.2, 0) is 15.2 Å². The highest BCUT2D eigenvalue weighted by Gasteiger charge is 2.43. The lowest BCUT2D eigenvalue weighted by atomic mass is 9.71. The molecule has 1 unspecified atom stereocenters. The fourth-order valence-corrected chi connectivity index (χ4v) is 3.78. The molecule has 1 aliphatic rings. The summed E-state index contributed by atoms with van der Waals surface area (Å²) < 4.78 is 10.2. The first-order chi connectivity index (χ1) is 14.3. The number of ether oxygens (including phenoxy) is 2. The molecule has 1 aliphatic carbocycles. The van der Waals surface area contributed by atoms with Gasteiger partial charge < -0.3 is 14.6 Å². The number of aliphatic hydroxyl groups is 1. The maximum atomic E-state index is 13.1.